The SMILES string of the molecule is CCC(=O)ON(F)F. The number of carbonyl (C=O) groups excluding carboxylic acids is 1. The lowest BCUT2D eigenvalue weighted by Crippen LogP contribution is -2.09. The van der Waals surface area contributed by atoms with Crippen LogP contribution < -0.4 is 0 Å². The van der Waals surface area contributed by atoms with Gasteiger partial charge in [-0.15, -0.1) is 0 Å². The third kappa shape index (κ3) is 3.48. The molecule has 0 aliphatic carbocycles. The third-order valence-corrected chi connectivity index (χ3v) is 0.459. The monoisotopic (exact) mass is 125 g/mol. The first-order chi connectivity index (χ1) is 3.66. The van der Waals surface area contributed by atoms with E-state index in [-0.39, 0.29) is 6.42 Å². The van der Waals surface area contributed by atoms with Crippen LogP contribution in [0.15, 0.2) is 0 Å². The summed E-state index contributed by atoms with van der Waals surface area (Å²) >= 11 is 0. The summed E-state index contributed by atoms with van der Waals surface area (Å²) in [5, 5.41) is 0. The number of halogens is 2. The van der Waals surface area contributed by atoms with Crippen molar-refractivity contribution in [3.63, 3.8) is 0 Å². The van der Waals surface area contributed by atoms with E-state index in [0.29, 0.717) is 0 Å². The van der Waals surface area contributed by atoms with Crippen molar-refractivity contribution in [1.29, 1.82) is 0 Å². The number of hydrogen-bond acceptors (Lipinski definition) is 3. The highest BCUT2D eigenvalue weighted by molar-refractivity contribution is 5.68. The minimum Gasteiger partial charge on any atom is -0.311 e. The van der Waals surface area contributed by atoms with Crippen molar-refractivity contribution in [2.45, 2.75) is 13.3 Å². The predicted molar refractivity (Wildman–Crippen MR) is 20.4 cm³/mol. The fraction of sp³-hybridized carbons (Fsp3) is 0.667. The van der Waals surface area contributed by atoms with Gasteiger partial charge in [-0.2, -0.15) is 0 Å². The Hall–Kier alpha value is -0.710. The molecular formula is C3H5F2NO2. The Labute approximate surface area is 44.7 Å². The average molecular weight is 125 g/mol. The second-order valence-electron chi connectivity index (χ2n) is 1.02. The Kier molecular flexibility index (Phi) is 3.02. The van der Waals surface area contributed by atoms with Crippen LogP contribution in [0.25, 0.3) is 0 Å². The molecule has 0 bridgehead atoms. The molecule has 0 aromatic heterocycles. The maximum absolute atomic E-state index is 10.9. The van der Waals surface area contributed by atoms with E-state index in [9.17, 15) is 13.8 Å². The van der Waals surface area contributed by atoms with Crippen molar-refractivity contribution >= 4 is 5.97 Å². The zero-order chi connectivity index (χ0) is 6.57. The van der Waals surface area contributed by atoms with Gasteiger partial charge in [-0.25, -0.2) is 0 Å². The Balaban J connectivity index is 3.25. The van der Waals surface area contributed by atoms with Gasteiger partial charge in [-0.3, -0.25) is 4.79 Å². The molecule has 8 heavy (non-hydrogen) atoms. The van der Waals surface area contributed by atoms with Crippen molar-refractivity contribution in [3.8, 4) is 0 Å². The van der Waals surface area contributed by atoms with E-state index in [0.717, 1.165) is 0 Å². The lowest BCUT2D eigenvalue weighted by molar-refractivity contribution is -0.366. The van der Waals surface area contributed by atoms with Gasteiger partial charge in [0.05, 0.1) is 0 Å². The van der Waals surface area contributed by atoms with Crippen LogP contribution in [0.2, 0.25) is 0 Å². The van der Waals surface area contributed by atoms with Crippen molar-refractivity contribution in [1.82, 2.24) is 5.51 Å². The van der Waals surface area contributed by atoms with E-state index < -0.39 is 11.5 Å². The Morgan fingerprint density at radius 2 is 2.25 bits per heavy atom. The number of nitrogens with zero attached hydrogens (tertiary/aromatic N) is 1. The third-order valence-electron chi connectivity index (χ3n) is 0.459. The molecule has 0 radical (unpaired) electrons. The van der Waals surface area contributed by atoms with Crippen LogP contribution >= 0.6 is 0 Å². The molecular weight excluding hydrogens is 120 g/mol. The highest BCUT2D eigenvalue weighted by Crippen LogP contribution is 1.92. The molecule has 0 saturated heterocycles. The molecule has 0 fully saturated rings. The quantitative estimate of drug-likeness (QED) is 0.406. The topological polar surface area (TPSA) is 29.5 Å². The molecule has 5 heteroatoms. The maximum Gasteiger partial charge on any atom is 0.331 e. The Morgan fingerprint density at radius 1 is 1.75 bits per heavy atom. The van der Waals surface area contributed by atoms with Gasteiger partial charge >= 0.3 is 5.97 Å². The number of carbonyl (C=O) groups is 1. The van der Waals surface area contributed by atoms with Crippen LogP contribution in [-0.4, -0.2) is 11.5 Å². The van der Waals surface area contributed by atoms with E-state index in [4.69, 9.17) is 0 Å². The zero-order valence-electron chi connectivity index (χ0n) is 4.23. The summed E-state index contributed by atoms with van der Waals surface area (Å²) in [5.74, 6) is -0.949. The summed E-state index contributed by atoms with van der Waals surface area (Å²) in [7, 11) is 0. The van der Waals surface area contributed by atoms with Crippen LogP contribution in [0.4, 0.5) is 8.96 Å². The summed E-state index contributed by atoms with van der Waals surface area (Å²) < 4.78 is 21.7. The summed E-state index contributed by atoms with van der Waals surface area (Å²) in [4.78, 5) is 13.1. The molecule has 0 N–H and O–H groups in total. The number of rotatable bonds is 2. The van der Waals surface area contributed by atoms with Crippen molar-refractivity contribution < 1.29 is 18.6 Å². The molecule has 0 atom stereocenters. The second kappa shape index (κ2) is 3.31. The Bertz CT molecular complexity index is 85.4. The van der Waals surface area contributed by atoms with Gasteiger partial charge in [0.15, 0.2) is 0 Å². The van der Waals surface area contributed by atoms with E-state index >= 15 is 0 Å². The van der Waals surface area contributed by atoms with Crippen LogP contribution in [0, 0.1) is 0 Å². The second-order valence-corrected chi connectivity index (χ2v) is 1.02. The van der Waals surface area contributed by atoms with E-state index in [1.807, 2.05) is 0 Å². The molecule has 0 unspecified atom stereocenters. The largest absolute Gasteiger partial charge is 0.331 e. The standard InChI is InChI=1S/C3H5F2NO2/c1-2-3(7)8-6(4)5/h2H2,1H3. The normalized spacial score (nSPS) is 9.50. The molecule has 0 aliphatic heterocycles. The first-order valence-corrected chi connectivity index (χ1v) is 1.99. The lowest BCUT2D eigenvalue weighted by atomic mass is 10.5. The summed E-state index contributed by atoms with van der Waals surface area (Å²) in [6, 6.07) is 0. The zero-order valence-corrected chi connectivity index (χ0v) is 4.23. The minimum absolute atomic E-state index is 0.0513. The van der Waals surface area contributed by atoms with Gasteiger partial charge in [-0.05, 0) is 0 Å². The smallest absolute Gasteiger partial charge is 0.311 e. The Morgan fingerprint density at radius 3 is 2.38 bits per heavy atom. The molecule has 0 aromatic rings. The van der Waals surface area contributed by atoms with E-state index in [2.05, 4.69) is 4.84 Å². The van der Waals surface area contributed by atoms with Crippen molar-refractivity contribution in [3.05, 3.63) is 0 Å². The summed E-state index contributed by atoms with van der Waals surface area (Å²) in [6.07, 6.45) is -0.0513. The highest BCUT2D eigenvalue weighted by atomic mass is 19.4. The predicted octanol–water partition coefficient (Wildman–Crippen LogP) is 0.926. The summed E-state index contributed by atoms with van der Waals surface area (Å²) in [6.45, 7) is 1.42. The lowest BCUT2D eigenvalue weighted by Gasteiger charge is -1.96. The first-order valence-electron chi connectivity index (χ1n) is 1.99. The van der Waals surface area contributed by atoms with Gasteiger partial charge in [-0.1, -0.05) is 15.9 Å². The van der Waals surface area contributed by atoms with Crippen molar-refractivity contribution in [2.24, 2.45) is 0 Å². The van der Waals surface area contributed by atoms with Crippen LogP contribution in [-0.2, 0) is 9.63 Å². The number of hydrogen-bond donors (Lipinski definition) is 0. The fourth-order valence-electron chi connectivity index (χ4n) is 0.142. The fourth-order valence-corrected chi connectivity index (χ4v) is 0.142. The van der Waals surface area contributed by atoms with Crippen LogP contribution in [0.5, 0.6) is 0 Å². The van der Waals surface area contributed by atoms with Crippen molar-refractivity contribution in [2.75, 3.05) is 0 Å². The van der Waals surface area contributed by atoms with Gasteiger partial charge in [0.1, 0.15) is 0 Å². The molecule has 0 aromatic carbocycles. The minimum atomic E-state index is -1.62. The molecule has 0 spiro atoms. The van der Waals surface area contributed by atoms with Crippen LogP contribution in [0.1, 0.15) is 13.3 Å². The average Bonchev–Trinajstić information content (AvgIpc) is 1.65. The molecule has 3 nitrogen and oxygen atoms in total. The molecule has 0 heterocycles. The van der Waals surface area contributed by atoms with Gasteiger partial charge in [0, 0.05) is 6.42 Å². The molecule has 0 rings (SSSR count). The molecule has 48 valence electrons. The highest BCUT2D eigenvalue weighted by Gasteiger charge is 2.04. The first kappa shape index (κ1) is 7.29. The van der Waals surface area contributed by atoms with E-state index in [1.54, 1.807) is 0 Å². The molecule has 0 saturated carbocycles. The molecule has 0 amide bonds. The summed E-state index contributed by atoms with van der Waals surface area (Å²) in [5.41, 5.74) is -1.62. The van der Waals surface area contributed by atoms with E-state index in [1.165, 1.54) is 6.92 Å². The van der Waals surface area contributed by atoms with Crippen LogP contribution in [0.3, 0.4) is 0 Å². The maximum atomic E-state index is 10.9. The van der Waals surface area contributed by atoms with Gasteiger partial charge in [0.2, 0.25) is 5.51 Å². The molecule has 0 aliphatic rings. The van der Waals surface area contributed by atoms with Gasteiger partial charge in [0.25, 0.3) is 0 Å². The van der Waals surface area contributed by atoms with Gasteiger partial charge < -0.3 is 4.84 Å².